The lowest BCUT2D eigenvalue weighted by Gasteiger charge is -2.13. The number of halogens is 2. The zero-order chi connectivity index (χ0) is 8.48. The number of amides is 1. The van der Waals surface area contributed by atoms with Crippen LogP contribution >= 0.6 is 28.5 Å². The monoisotopic (exact) mass is 218 g/mol. The molecule has 0 aromatic rings. The van der Waals surface area contributed by atoms with Gasteiger partial charge in [0.25, 0.3) is 0 Å². The van der Waals surface area contributed by atoms with Crippen LogP contribution in [0, 0.1) is 0 Å². The molecule has 8 heteroatoms. The van der Waals surface area contributed by atoms with Gasteiger partial charge in [0.15, 0.2) is 0 Å². The van der Waals surface area contributed by atoms with Gasteiger partial charge in [0.05, 0.1) is 6.54 Å². The van der Waals surface area contributed by atoms with Gasteiger partial charge < -0.3 is 4.74 Å². The SMILES string of the molecule is O=C1OCCN1NP(=O)(Cl)Cl. The number of rotatable bonds is 2. The number of hydrazine groups is 1. The molecule has 1 rings (SSSR count). The van der Waals surface area contributed by atoms with E-state index in [-0.39, 0.29) is 6.61 Å². The van der Waals surface area contributed by atoms with Gasteiger partial charge in [0.2, 0.25) is 0 Å². The highest BCUT2D eigenvalue weighted by Crippen LogP contribution is 2.52. The molecular weight excluding hydrogens is 214 g/mol. The summed E-state index contributed by atoms with van der Waals surface area (Å²) in [5.74, 6) is -3.43. The number of nitrogens with zero attached hydrogens (tertiary/aromatic N) is 1. The molecule has 5 nitrogen and oxygen atoms in total. The Bertz CT molecular complexity index is 217. The molecule has 0 radical (unpaired) electrons. The van der Waals surface area contributed by atoms with Crippen LogP contribution in [-0.4, -0.2) is 24.3 Å². The Kier molecular flexibility index (Phi) is 2.65. The molecule has 1 aliphatic heterocycles. The Morgan fingerprint density at radius 2 is 2.27 bits per heavy atom. The van der Waals surface area contributed by atoms with E-state index in [0.29, 0.717) is 6.54 Å². The number of hydrogen-bond acceptors (Lipinski definition) is 3. The van der Waals surface area contributed by atoms with Crippen molar-refractivity contribution in [2.75, 3.05) is 13.2 Å². The van der Waals surface area contributed by atoms with Crippen LogP contribution in [0.1, 0.15) is 0 Å². The maximum atomic E-state index is 10.7. The minimum Gasteiger partial charge on any atom is -0.447 e. The Hall–Kier alpha value is 0.0400. The third-order valence-corrected chi connectivity index (χ3v) is 1.93. The molecule has 64 valence electrons. The maximum Gasteiger partial charge on any atom is 0.424 e. The van der Waals surface area contributed by atoms with Crippen LogP contribution in [0.3, 0.4) is 0 Å². The zero-order valence-corrected chi connectivity index (χ0v) is 7.70. The highest BCUT2D eigenvalue weighted by molar-refractivity contribution is 8.07. The molecule has 0 aromatic carbocycles. The number of cyclic esters (lactones) is 1. The van der Waals surface area contributed by atoms with E-state index in [4.69, 9.17) is 22.5 Å². The lowest BCUT2D eigenvalue weighted by molar-refractivity contribution is 0.154. The molecule has 1 heterocycles. The van der Waals surface area contributed by atoms with Crippen molar-refractivity contribution >= 4 is 34.6 Å². The Morgan fingerprint density at radius 3 is 2.64 bits per heavy atom. The average molecular weight is 219 g/mol. The standard InChI is InChI=1S/C3H5Cl2N2O3P/c4-11(5,9)6-7-1-2-10-3(7)8/h1-2H2,(H,6,9). The number of carbonyl (C=O) groups is 1. The summed E-state index contributed by atoms with van der Waals surface area (Å²) in [4.78, 5) is 10.7. The first-order chi connectivity index (χ1) is 4.99. The fraction of sp³-hybridized carbons (Fsp3) is 0.667. The van der Waals surface area contributed by atoms with Gasteiger partial charge in [-0.2, -0.15) is 5.20 Å². The van der Waals surface area contributed by atoms with Gasteiger partial charge in [-0.3, -0.25) is 4.57 Å². The van der Waals surface area contributed by atoms with Crippen molar-refractivity contribution in [2.24, 2.45) is 0 Å². The van der Waals surface area contributed by atoms with E-state index in [0.717, 1.165) is 5.01 Å². The molecule has 1 N–H and O–H groups in total. The highest BCUT2D eigenvalue weighted by Gasteiger charge is 2.27. The van der Waals surface area contributed by atoms with Crippen molar-refractivity contribution in [3.05, 3.63) is 0 Å². The van der Waals surface area contributed by atoms with Crippen LogP contribution in [0.4, 0.5) is 4.79 Å². The fourth-order valence-corrected chi connectivity index (χ4v) is 1.63. The summed E-state index contributed by atoms with van der Waals surface area (Å²) in [5, 5.41) is 3.09. The minimum atomic E-state index is -3.43. The number of nitrogens with one attached hydrogen (secondary N) is 1. The predicted molar refractivity (Wildman–Crippen MR) is 40.5 cm³/mol. The molecule has 1 fully saturated rings. The fourth-order valence-electron chi connectivity index (χ4n) is 0.625. The van der Waals surface area contributed by atoms with Crippen molar-refractivity contribution in [3.8, 4) is 0 Å². The Balaban J connectivity index is 2.50. The second-order valence-electron chi connectivity index (χ2n) is 1.83. The van der Waals surface area contributed by atoms with Crippen molar-refractivity contribution < 1.29 is 14.1 Å². The van der Waals surface area contributed by atoms with Gasteiger partial charge in [-0.05, 0) is 22.5 Å². The molecule has 1 saturated heterocycles. The van der Waals surface area contributed by atoms with Crippen LogP contribution < -0.4 is 5.20 Å². The summed E-state index contributed by atoms with van der Waals surface area (Å²) in [5.41, 5.74) is 0. The topological polar surface area (TPSA) is 58.6 Å². The van der Waals surface area contributed by atoms with Gasteiger partial charge in [-0.25, -0.2) is 9.80 Å². The van der Waals surface area contributed by atoms with Gasteiger partial charge in [-0.15, -0.1) is 0 Å². The van der Waals surface area contributed by atoms with E-state index in [9.17, 15) is 9.36 Å². The molecule has 0 bridgehead atoms. The highest BCUT2D eigenvalue weighted by atomic mass is 35.9. The van der Waals surface area contributed by atoms with Crippen molar-refractivity contribution in [1.82, 2.24) is 10.2 Å². The van der Waals surface area contributed by atoms with E-state index < -0.39 is 12.1 Å². The number of ether oxygens (including phenoxy) is 1. The summed E-state index contributed by atoms with van der Waals surface area (Å²) in [7, 11) is 0. The zero-order valence-electron chi connectivity index (χ0n) is 5.29. The molecule has 0 aromatic heterocycles. The lowest BCUT2D eigenvalue weighted by Crippen LogP contribution is -2.34. The molecule has 0 aliphatic carbocycles. The first-order valence-electron chi connectivity index (χ1n) is 2.70. The second-order valence-corrected chi connectivity index (χ2v) is 6.33. The van der Waals surface area contributed by atoms with Crippen molar-refractivity contribution in [2.45, 2.75) is 0 Å². The third kappa shape index (κ3) is 2.87. The van der Waals surface area contributed by atoms with E-state index in [2.05, 4.69) is 9.93 Å². The quantitative estimate of drug-likeness (QED) is 0.715. The number of hydrogen-bond donors (Lipinski definition) is 1. The normalized spacial score (nSPS) is 18.7. The first-order valence-corrected chi connectivity index (χ1v) is 6.22. The molecule has 1 aliphatic rings. The Labute approximate surface area is 72.6 Å². The smallest absolute Gasteiger partial charge is 0.424 e. The molecule has 0 spiro atoms. The first kappa shape index (κ1) is 9.13. The largest absolute Gasteiger partial charge is 0.447 e. The van der Waals surface area contributed by atoms with Crippen molar-refractivity contribution in [1.29, 1.82) is 0 Å². The van der Waals surface area contributed by atoms with Crippen molar-refractivity contribution in [3.63, 3.8) is 0 Å². The van der Waals surface area contributed by atoms with Gasteiger partial charge in [0.1, 0.15) is 6.61 Å². The third-order valence-electron chi connectivity index (χ3n) is 0.998. The molecule has 11 heavy (non-hydrogen) atoms. The van der Waals surface area contributed by atoms with Gasteiger partial charge in [-0.1, -0.05) is 0 Å². The van der Waals surface area contributed by atoms with E-state index in [1.807, 2.05) is 0 Å². The van der Waals surface area contributed by atoms with Gasteiger partial charge >= 0.3 is 12.1 Å². The molecular formula is C3H5Cl2N2O3P. The van der Waals surface area contributed by atoms with Crippen LogP contribution in [0.25, 0.3) is 0 Å². The maximum absolute atomic E-state index is 10.7. The minimum absolute atomic E-state index is 0.250. The molecule has 1 amide bonds. The van der Waals surface area contributed by atoms with Crippen LogP contribution in [0.15, 0.2) is 0 Å². The summed E-state index contributed by atoms with van der Waals surface area (Å²) in [6.45, 7) is 0.544. The summed E-state index contributed by atoms with van der Waals surface area (Å²) in [6.07, 6.45) is -0.619. The lowest BCUT2D eigenvalue weighted by atomic mass is 10.7. The summed E-state index contributed by atoms with van der Waals surface area (Å²) < 4.78 is 15.2. The van der Waals surface area contributed by atoms with E-state index in [1.54, 1.807) is 0 Å². The van der Waals surface area contributed by atoms with Crippen LogP contribution in [-0.2, 0) is 9.30 Å². The Morgan fingerprint density at radius 1 is 1.64 bits per heavy atom. The van der Waals surface area contributed by atoms with E-state index in [1.165, 1.54) is 0 Å². The predicted octanol–water partition coefficient (Wildman–Crippen LogP) is 1.53. The summed E-state index contributed by atoms with van der Waals surface area (Å²) >= 11 is 10.3. The van der Waals surface area contributed by atoms with Crippen LogP contribution in [0.2, 0.25) is 0 Å². The number of carbonyl (C=O) groups excluding carboxylic acids is 1. The second kappa shape index (κ2) is 3.19. The van der Waals surface area contributed by atoms with Crippen LogP contribution in [0.5, 0.6) is 0 Å². The summed E-state index contributed by atoms with van der Waals surface area (Å²) in [6, 6.07) is 0. The van der Waals surface area contributed by atoms with E-state index >= 15 is 0 Å². The van der Waals surface area contributed by atoms with Gasteiger partial charge in [0, 0.05) is 0 Å². The molecule has 0 atom stereocenters. The molecule has 0 unspecified atom stereocenters. The average Bonchev–Trinajstić information content (AvgIpc) is 2.12. The molecule has 0 saturated carbocycles.